The SMILES string of the molecule is Cc1ncc(-c2ccn3ncc(-c4cnn(Cc5ccccc5)c4)c3n2)cn1. The number of nitrogens with zero attached hydrogens (tertiary/aromatic N) is 7. The molecule has 5 rings (SSSR count). The first-order valence-corrected chi connectivity index (χ1v) is 8.96. The van der Waals surface area contributed by atoms with Gasteiger partial charge in [0, 0.05) is 41.5 Å². The molecule has 0 aliphatic carbocycles. The maximum Gasteiger partial charge on any atom is 0.163 e. The second kappa shape index (κ2) is 6.70. The highest BCUT2D eigenvalue weighted by atomic mass is 15.3. The summed E-state index contributed by atoms with van der Waals surface area (Å²) in [5, 5.41) is 8.92. The smallest absolute Gasteiger partial charge is 0.163 e. The minimum Gasteiger partial charge on any atom is -0.268 e. The van der Waals surface area contributed by atoms with Gasteiger partial charge in [-0.05, 0) is 18.6 Å². The Labute approximate surface area is 161 Å². The Morgan fingerprint density at radius 1 is 0.857 bits per heavy atom. The van der Waals surface area contributed by atoms with Gasteiger partial charge in [0.2, 0.25) is 0 Å². The summed E-state index contributed by atoms with van der Waals surface area (Å²) in [7, 11) is 0. The maximum atomic E-state index is 4.79. The largest absolute Gasteiger partial charge is 0.268 e. The van der Waals surface area contributed by atoms with Crippen LogP contribution in [-0.2, 0) is 6.54 Å². The number of aromatic nitrogens is 7. The van der Waals surface area contributed by atoms with Crippen molar-refractivity contribution in [2.24, 2.45) is 0 Å². The van der Waals surface area contributed by atoms with E-state index in [-0.39, 0.29) is 0 Å². The van der Waals surface area contributed by atoms with Gasteiger partial charge in [0.25, 0.3) is 0 Å². The Balaban J connectivity index is 1.51. The highest BCUT2D eigenvalue weighted by Gasteiger charge is 2.12. The number of hydrogen-bond donors (Lipinski definition) is 0. The normalized spacial score (nSPS) is 11.2. The zero-order valence-corrected chi connectivity index (χ0v) is 15.3. The molecule has 136 valence electrons. The molecule has 1 aromatic carbocycles. The van der Waals surface area contributed by atoms with E-state index in [4.69, 9.17) is 4.98 Å². The zero-order chi connectivity index (χ0) is 18.9. The Morgan fingerprint density at radius 3 is 2.50 bits per heavy atom. The van der Waals surface area contributed by atoms with E-state index in [1.54, 1.807) is 16.9 Å². The lowest BCUT2D eigenvalue weighted by atomic mass is 10.2. The van der Waals surface area contributed by atoms with Crippen LogP contribution < -0.4 is 0 Å². The second-order valence-corrected chi connectivity index (χ2v) is 6.57. The van der Waals surface area contributed by atoms with Crippen molar-refractivity contribution < 1.29 is 0 Å². The van der Waals surface area contributed by atoms with E-state index in [9.17, 15) is 0 Å². The number of rotatable bonds is 4. The lowest BCUT2D eigenvalue weighted by Crippen LogP contribution is -1.99. The van der Waals surface area contributed by atoms with Gasteiger partial charge in [-0.1, -0.05) is 30.3 Å². The van der Waals surface area contributed by atoms with Crippen molar-refractivity contribution in [3.8, 4) is 22.4 Å². The summed E-state index contributed by atoms with van der Waals surface area (Å²) in [5.74, 6) is 0.737. The van der Waals surface area contributed by atoms with Crippen LogP contribution in [0.5, 0.6) is 0 Å². The highest BCUT2D eigenvalue weighted by molar-refractivity contribution is 5.77. The molecule has 0 spiro atoms. The molecular formula is C21H17N7. The van der Waals surface area contributed by atoms with E-state index in [1.807, 2.05) is 60.7 Å². The third-order valence-electron chi connectivity index (χ3n) is 4.58. The summed E-state index contributed by atoms with van der Waals surface area (Å²) in [4.78, 5) is 13.3. The first-order chi connectivity index (χ1) is 13.8. The average molecular weight is 367 g/mol. The van der Waals surface area contributed by atoms with Crippen LogP contribution in [0.2, 0.25) is 0 Å². The molecule has 0 saturated heterocycles. The summed E-state index contributed by atoms with van der Waals surface area (Å²) in [6, 6.07) is 12.2. The van der Waals surface area contributed by atoms with E-state index < -0.39 is 0 Å². The molecule has 7 nitrogen and oxygen atoms in total. The van der Waals surface area contributed by atoms with Gasteiger partial charge in [-0.15, -0.1) is 0 Å². The van der Waals surface area contributed by atoms with Crippen LogP contribution in [0.4, 0.5) is 0 Å². The summed E-state index contributed by atoms with van der Waals surface area (Å²) in [6.07, 6.45) is 11.2. The van der Waals surface area contributed by atoms with Crippen molar-refractivity contribution in [2.75, 3.05) is 0 Å². The van der Waals surface area contributed by atoms with Crippen molar-refractivity contribution in [3.05, 3.63) is 85.0 Å². The summed E-state index contributed by atoms with van der Waals surface area (Å²) >= 11 is 0. The third-order valence-corrected chi connectivity index (χ3v) is 4.58. The Hall–Kier alpha value is -3.87. The van der Waals surface area contributed by atoms with Crippen molar-refractivity contribution in [1.29, 1.82) is 0 Å². The molecule has 5 aromatic rings. The van der Waals surface area contributed by atoms with Gasteiger partial charge in [0.1, 0.15) is 5.82 Å². The minimum absolute atomic E-state index is 0.722. The molecule has 0 bridgehead atoms. The standard InChI is InChI=1S/C21H17N7/c1-15-22-9-17(10-23-15)20-7-8-28-21(26-20)19(12-25-28)18-11-24-27(14-18)13-16-5-3-2-4-6-16/h2-12,14H,13H2,1H3. The molecule has 4 heterocycles. The van der Waals surface area contributed by atoms with E-state index in [0.29, 0.717) is 0 Å². The molecule has 0 saturated carbocycles. The molecule has 0 fully saturated rings. The molecular weight excluding hydrogens is 350 g/mol. The summed E-state index contributed by atoms with van der Waals surface area (Å²) in [6.45, 7) is 2.59. The van der Waals surface area contributed by atoms with Crippen LogP contribution in [-0.4, -0.2) is 34.3 Å². The van der Waals surface area contributed by atoms with Gasteiger partial charge in [-0.25, -0.2) is 19.5 Å². The van der Waals surface area contributed by atoms with Crippen LogP contribution in [0.15, 0.2) is 73.6 Å². The first-order valence-electron chi connectivity index (χ1n) is 8.96. The predicted octanol–water partition coefficient (Wildman–Crippen LogP) is 3.41. The molecule has 0 unspecified atom stereocenters. The average Bonchev–Trinajstić information content (AvgIpc) is 3.35. The van der Waals surface area contributed by atoms with Crippen LogP contribution in [0.1, 0.15) is 11.4 Å². The second-order valence-electron chi connectivity index (χ2n) is 6.57. The molecule has 28 heavy (non-hydrogen) atoms. The molecule has 0 amide bonds. The number of hydrogen-bond acceptors (Lipinski definition) is 5. The van der Waals surface area contributed by atoms with E-state index in [1.165, 1.54) is 5.56 Å². The van der Waals surface area contributed by atoms with E-state index >= 15 is 0 Å². The number of fused-ring (bicyclic) bond motifs is 1. The van der Waals surface area contributed by atoms with Gasteiger partial charge in [0.05, 0.1) is 24.6 Å². The van der Waals surface area contributed by atoms with Crippen molar-refractivity contribution >= 4 is 5.65 Å². The lowest BCUT2D eigenvalue weighted by Gasteiger charge is -2.02. The zero-order valence-electron chi connectivity index (χ0n) is 15.3. The van der Waals surface area contributed by atoms with E-state index in [0.717, 1.165) is 40.4 Å². The molecule has 0 aliphatic rings. The van der Waals surface area contributed by atoms with Gasteiger partial charge in [-0.3, -0.25) is 4.68 Å². The Bertz CT molecular complexity index is 1240. The van der Waals surface area contributed by atoms with E-state index in [2.05, 4.69) is 32.3 Å². The Morgan fingerprint density at radius 2 is 1.68 bits per heavy atom. The number of benzene rings is 1. The highest BCUT2D eigenvalue weighted by Crippen LogP contribution is 2.25. The minimum atomic E-state index is 0.722. The Kier molecular flexibility index (Phi) is 3.90. The van der Waals surface area contributed by atoms with Crippen molar-refractivity contribution in [3.63, 3.8) is 0 Å². The third kappa shape index (κ3) is 3.03. The molecule has 0 atom stereocenters. The van der Waals surface area contributed by atoms with Gasteiger partial charge < -0.3 is 0 Å². The lowest BCUT2D eigenvalue weighted by molar-refractivity contribution is 0.687. The first kappa shape index (κ1) is 16.3. The van der Waals surface area contributed by atoms with Crippen LogP contribution in [0.3, 0.4) is 0 Å². The number of aryl methyl sites for hydroxylation is 1. The summed E-state index contributed by atoms with van der Waals surface area (Å²) < 4.78 is 3.69. The molecule has 4 aromatic heterocycles. The fourth-order valence-electron chi connectivity index (χ4n) is 3.12. The van der Waals surface area contributed by atoms with Crippen molar-refractivity contribution in [1.82, 2.24) is 34.3 Å². The van der Waals surface area contributed by atoms with Crippen LogP contribution in [0.25, 0.3) is 28.0 Å². The monoisotopic (exact) mass is 367 g/mol. The van der Waals surface area contributed by atoms with Crippen LogP contribution in [0, 0.1) is 6.92 Å². The van der Waals surface area contributed by atoms with Crippen molar-refractivity contribution in [2.45, 2.75) is 13.5 Å². The maximum absolute atomic E-state index is 4.79. The van der Waals surface area contributed by atoms with Gasteiger partial charge in [0.15, 0.2) is 5.65 Å². The topological polar surface area (TPSA) is 73.8 Å². The summed E-state index contributed by atoms with van der Waals surface area (Å²) in [5.41, 5.74) is 5.59. The fourth-order valence-corrected chi connectivity index (χ4v) is 3.12. The fraction of sp³-hybridized carbons (Fsp3) is 0.0952. The predicted molar refractivity (Wildman–Crippen MR) is 106 cm³/mol. The molecule has 0 N–H and O–H groups in total. The molecule has 0 radical (unpaired) electrons. The molecule has 7 heteroatoms. The quantitative estimate of drug-likeness (QED) is 0.487. The van der Waals surface area contributed by atoms with Gasteiger partial charge >= 0.3 is 0 Å². The van der Waals surface area contributed by atoms with Gasteiger partial charge in [-0.2, -0.15) is 10.2 Å². The molecule has 0 aliphatic heterocycles. The van der Waals surface area contributed by atoms with Crippen LogP contribution >= 0.6 is 0 Å².